The van der Waals surface area contributed by atoms with Gasteiger partial charge in [-0.3, -0.25) is 10.1 Å². The highest BCUT2D eigenvalue weighted by atomic mass is 19.2. The molecule has 20 heavy (non-hydrogen) atoms. The Bertz CT molecular complexity index is 561. The summed E-state index contributed by atoms with van der Waals surface area (Å²) in [4.78, 5) is 22.3. The second kappa shape index (κ2) is 5.40. The van der Waals surface area contributed by atoms with Gasteiger partial charge < -0.3 is 10.0 Å². The first kappa shape index (κ1) is 15.8. The second-order valence-corrected chi connectivity index (χ2v) is 4.59. The number of nitrogens with zero attached hydrogens (tertiary/aromatic N) is 2. The Morgan fingerprint density at radius 2 is 2.00 bits per heavy atom. The molecule has 0 atom stereocenters. The molecule has 0 saturated carbocycles. The molecule has 0 amide bonds. The lowest BCUT2D eigenvalue weighted by molar-refractivity contribution is -0.384. The number of carboxylic acids is 1. The first-order valence-corrected chi connectivity index (χ1v) is 5.78. The van der Waals surface area contributed by atoms with Gasteiger partial charge in [-0.15, -0.1) is 0 Å². The molecule has 110 valence electrons. The summed E-state index contributed by atoms with van der Waals surface area (Å²) in [5.41, 5.74) is -2.97. The molecule has 0 aliphatic rings. The molecule has 0 spiro atoms. The van der Waals surface area contributed by atoms with Gasteiger partial charge in [0.2, 0.25) is 0 Å². The summed E-state index contributed by atoms with van der Waals surface area (Å²) >= 11 is 0. The van der Waals surface area contributed by atoms with Crippen molar-refractivity contribution < 1.29 is 23.6 Å². The van der Waals surface area contributed by atoms with E-state index in [0.717, 1.165) is 11.0 Å². The van der Waals surface area contributed by atoms with Gasteiger partial charge >= 0.3 is 5.97 Å². The number of hydrogen-bond donors (Lipinski definition) is 1. The quantitative estimate of drug-likeness (QED) is 0.665. The van der Waals surface area contributed by atoms with E-state index in [9.17, 15) is 23.7 Å². The molecule has 0 aliphatic heterocycles. The Hall–Kier alpha value is -2.25. The van der Waals surface area contributed by atoms with Crippen molar-refractivity contribution in [2.75, 3.05) is 11.4 Å². The Labute approximate surface area is 113 Å². The smallest absolute Gasteiger partial charge is 0.328 e. The Kier molecular flexibility index (Phi) is 4.26. The first-order chi connectivity index (χ1) is 9.14. The zero-order valence-corrected chi connectivity index (χ0v) is 11.2. The minimum atomic E-state index is -1.63. The van der Waals surface area contributed by atoms with Crippen LogP contribution in [0.5, 0.6) is 0 Å². The van der Waals surface area contributed by atoms with Crippen LogP contribution in [-0.2, 0) is 4.79 Å². The summed E-state index contributed by atoms with van der Waals surface area (Å²) in [5.74, 6) is -4.02. The highest BCUT2D eigenvalue weighted by Gasteiger charge is 2.39. The number of benzene rings is 1. The van der Waals surface area contributed by atoms with Gasteiger partial charge in [-0.25, -0.2) is 13.6 Å². The monoisotopic (exact) mass is 288 g/mol. The summed E-state index contributed by atoms with van der Waals surface area (Å²) in [6.07, 6.45) is 0. The molecule has 0 fully saturated rings. The number of carbonyl (C=O) groups is 1. The summed E-state index contributed by atoms with van der Waals surface area (Å²) in [7, 11) is 0. The number of anilines is 1. The van der Waals surface area contributed by atoms with Crippen LogP contribution in [0.2, 0.25) is 0 Å². The molecular weight excluding hydrogens is 274 g/mol. The maximum atomic E-state index is 13.9. The molecule has 1 N–H and O–H groups in total. The second-order valence-electron chi connectivity index (χ2n) is 4.59. The van der Waals surface area contributed by atoms with E-state index in [-0.39, 0.29) is 6.54 Å². The van der Waals surface area contributed by atoms with Gasteiger partial charge in [0.15, 0.2) is 17.3 Å². The van der Waals surface area contributed by atoms with Crippen LogP contribution in [0.15, 0.2) is 12.1 Å². The molecule has 0 saturated heterocycles. The van der Waals surface area contributed by atoms with Crippen molar-refractivity contribution in [1.82, 2.24) is 0 Å². The summed E-state index contributed by atoms with van der Waals surface area (Å²) in [6.45, 7) is 3.97. The predicted octanol–water partition coefficient (Wildman–Crippen LogP) is 2.56. The highest BCUT2D eigenvalue weighted by molar-refractivity contribution is 5.84. The average molecular weight is 288 g/mol. The van der Waals surface area contributed by atoms with Crippen LogP contribution >= 0.6 is 0 Å². The lowest BCUT2D eigenvalue weighted by Gasteiger charge is -2.35. The zero-order valence-electron chi connectivity index (χ0n) is 11.2. The van der Waals surface area contributed by atoms with Crippen LogP contribution in [0.4, 0.5) is 20.2 Å². The number of halogens is 2. The zero-order chi connectivity index (χ0) is 15.7. The molecule has 1 aromatic carbocycles. The lowest BCUT2D eigenvalue weighted by atomic mass is 10.0. The van der Waals surface area contributed by atoms with E-state index in [1.54, 1.807) is 0 Å². The van der Waals surface area contributed by atoms with Crippen molar-refractivity contribution >= 4 is 17.3 Å². The number of carboxylic acid groups (broad SMARTS) is 1. The number of nitro groups is 1. The molecule has 0 bridgehead atoms. The van der Waals surface area contributed by atoms with Crippen LogP contribution < -0.4 is 4.90 Å². The van der Waals surface area contributed by atoms with Crippen molar-refractivity contribution in [1.29, 1.82) is 0 Å². The van der Waals surface area contributed by atoms with Crippen molar-refractivity contribution in [3.8, 4) is 0 Å². The number of rotatable bonds is 5. The van der Waals surface area contributed by atoms with Crippen molar-refractivity contribution in [2.45, 2.75) is 26.3 Å². The predicted molar refractivity (Wildman–Crippen MR) is 67.7 cm³/mol. The van der Waals surface area contributed by atoms with Gasteiger partial charge in [0, 0.05) is 12.6 Å². The van der Waals surface area contributed by atoms with E-state index >= 15 is 0 Å². The fraction of sp³-hybridized carbons (Fsp3) is 0.417. The Morgan fingerprint density at radius 3 is 2.40 bits per heavy atom. The molecule has 8 heteroatoms. The normalized spacial score (nSPS) is 11.2. The number of nitro benzene ring substituents is 1. The van der Waals surface area contributed by atoms with E-state index in [4.69, 9.17) is 5.11 Å². The number of hydrogen-bond acceptors (Lipinski definition) is 4. The van der Waals surface area contributed by atoms with Gasteiger partial charge in [-0.05, 0) is 26.8 Å². The van der Waals surface area contributed by atoms with Crippen LogP contribution in [-0.4, -0.2) is 28.1 Å². The minimum absolute atomic E-state index is 0.0412. The van der Waals surface area contributed by atoms with E-state index in [0.29, 0.717) is 6.07 Å². The van der Waals surface area contributed by atoms with Gasteiger partial charge in [0.1, 0.15) is 5.54 Å². The minimum Gasteiger partial charge on any atom is -0.480 e. The Morgan fingerprint density at radius 1 is 1.45 bits per heavy atom. The molecule has 0 radical (unpaired) electrons. The maximum Gasteiger partial charge on any atom is 0.328 e. The third-order valence-corrected chi connectivity index (χ3v) is 3.03. The third-order valence-electron chi connectivity index (χ3n) is 3.03. The largest absolute Gasteiger partial charge is 0.480 e. The average Bonchev–Trinajstić information content (AvgIpc) is 2.34. The molecule has 0 heterocycles. The van der Waals surface area contributed by atoms with Crippen LogP contribution in [0.25, 0.3) is 0 Å². The fourth-order valence-corrected chi connectivity index (χ4v) is 1.88. The lowest BCUT2D eigenvalue weighted by Crippen LogP contribution is -2.51. The SMILES string of the molecule is CCN(c1c([N+](=O)[O-])ccc(F)c1F)C(C)(C)C(=O)O. The van der Waals surface area contributed by atoms with Crippen LogP contribution in [0.1, 0.15) is 20.8 Å². The van der Waals surface area contributed by atoms with Crippen molar-refractivity contribution in [2.24, 2.45) is 0 Å². The van der Waals surface area contributed by atoms with Crippen LogP contribution in [0.3, 0.4) is 0 Å². The van der Waals surface area contributed by atoms with E-state index < -0.39 is 39.4 Å². The van der Waals surface area contributed by atoms with Gasteiger partial charge in [-0.1, -0.05) is 0 Å². The van der Waals surface area contributed by atoms with Crippen molar-refractivity contribution in [3.05, 3.63) is 33.9 Å². The first-order valence-electron chi connectivity index (χ1n) is 5.78. The Balaban J connectivity index is 3.61. The van der Waals surface area contributed by atoms with Gasteiger partial charge in [-0.2, -0.15) is 0 Å². The van der Waals surface area contributed by atoms with Gasteiger partial charge in [0.05, 0.1) is 4.92 Å². The number of aliphatic carboxylic acids is 1. The van der Waals surface area contributed by atoms with E-state index in [1.807, 2.05) is 0 Å². The molecule has 6 nitrogen and oxygen atoms in total. The summed E-state index contributed by atoms with van der Waals surface area (Å²) in [6, 6.07) is 1.45. The highest BCUT2D eigenvalue weighted by Crippen LogP contribution is 2.36. The molecule has 0 unspecified atom stereocenters. The molecular formula is C12H14F2N2O4. The van der Waals surface area contributed by atoms with E-state index in [2.05, 4.69) is 0 Å². The topological polar surface area (TPSA) is 83.7 Å². The number of likely N-dealkylation sites (N-methyl/N-ethyl adjacent to an activating group) is 1. The van der Waals surface area contributed by atoms with Gasteiger partial charge in [0.25, 0.3) is 5.69 Å². The molecule has 1 aromatic rings. The molecule has 0 aromatic heterocycles. The van der Waals surface area contributed by atoms with E-state index in [1.165, 1.54) is 20.8 Å². The summed E-state index contributed by atoms with van der Waals surface area (Å²) in [5, 5.41) is 20.1. The van der Waals surface area contributed by atoms with Crippen LogP contribution in [0, 0.1) is 21.7 Å². The molecule has 1 rings (SSSR count). The maximum absolute atomic E-state index is 13.9. The van der Waals surface area contributed by atoms with Crippen molar-refractivity contribution in [3.63, 3.8) is 0 Å². The summed E-state index contributed by atoms with van der Waals surface area (Å²) < 4.78 is 27.3. The molecule has 0 aliphatic carbocycles. The fourth-order valence-electron chi connectivity index (χ4n) is 1.88. The standard InChI is InChI=1S/C12H14F2N2O4/c1-4-15(12(2,3)11(17)18)10-8(16(19)20)6-5-7(13)9(10)14/h5-6H,4H2,1-3H3,(H,17,18). The third kappa shape index (κ3) is 2.54.